The van der Waals surface area contributed by atoms with E-state index < -0.39 is 29.6 Å². The van der Waals surface area contributed by atoms with Crippen molar-refractivity contribution < 1.29 is 26.7 Å². The first kappa shape index (κ1) is 15.9. The van der Waals surface area contributed by atoms with Gasteiger partial charge in [0.05, 0.1) is 5.92 Å². The van der Waals surface area contributed by atoms with Gasteiger partial charge in [-0.25, -0.2) is 8.78 Å². The Morgan fingerprint density at radius 1 is 1.10 bits per heavy atom. The second-order valence-electron chi connectivity index (χ2n) is 5.52. The molecule has 0 saturated heterocycles. The second-order valence-corrected chi connectivity index (χ2v) is 5.52. The van der Waals surface area contributed by atoms with Gasteiger partial charge < -0.3 is 0 Å². The molecule has 0 radical (unpaired) electrons. The molecule has 116 valence electrons. The molecule has 6 heteroatoms. The highest BCUT2D eigenvalue weighted by atomic mass is 19.4. The van der Waals surface area contributed by atoms with Gasteiger partial charge in [0.25, 0.3) is 0 Å². The first-order chi connectivity index (χ1) is 9.75. The molecule has 2 unspecified atom stereocenters. The van der Waals surface area contributed by atoms with Gasteiger partial charge in [0.15, 0.2) is 0 Å². The standard InChI is InChI=1S/C15H15F5O/c16-12-4-9(5-13(17)8-12)6-14(21)10-2-1-3-11(7-10)15(18,19)20/h4-5,8,10-11H,1-3,6-7H2. The van der Waals surface area contributed by atoms with Crippen LogP contribution in [0.25, 0.3) is 0 Å². The predicted octanol–water partition coefficient (Wildman–Crippen LogP) is 4.45. The number of Topliss-reactive ketones (excluding diaryl/α,β-unsaturated/α-hetero) is 1. The van der Waals surface area contributed by atoms with Crippen LogP contribution in [0.2, 0.25) is 0 Å². The summed E-state index contributed by atoms with van der Waals surface area (Å²) in [5.74, 6) is -4.11. The Morgan fingerprint density at radius 2 is 1.71 bits per heavy atom. The van der Waals surface area contributed by atoms with E-state index in [1.807, 2.05) is 0 Å². The van der Waals surface area contributed by atoms with Gasteiger partial charge >= 0.3 is 6.18 Å². The average molecular weight is 306 g/mol. The molecule has 0 bridgehead atoms. The van der Waals surface area contributed by atoms with Crippen molar-refractivity contribution in [2.24, 2.45) is 11.8 Å². The zero-order valence-corrected chi connectivity index (χ0v) is 11.2. The van der Waals surface area contributed by atoms with Crippen molar-refractivity contribution in [3.63, 3.8) is 0 Å². The molecule has 1 aromatic rings. The maximum absolute atomic E-state index is 13.0. The van der Waals surface area contributed by atoms with Crippen LogP contribution in [-0.2, 0) is 11.2 Å². The van der Waals surface area contributed by atoms with Crippen molar-refractivity contribution in [2.45, 2.75) is 38.3 Å². The van der Waals surface area contributed by atoms with Crippen LogP contribution in [0.3, 0.4) is 0 Å². The Balaban J connectivity index is 2.03. The fraction of sp³-hybridized carbons (Fsp3) is 0.533. The van der Waals surface area contributed by atoms with E-state index in [2.05, 4.69) is 0 Å². The van der Waals surface area contributed by atoms with Crippen LogP contribution in [-0.4, -0.2) is 12.0 Å². The van der Waals surface area contributed by atoms with Crippen molar-refractivity contribution in [2.75, 3.05) is 0 Å². The minimum atomic E-state index is -4.29. The zero-order chi connectivity index (χ0) is 15.6. The minimum Gasteiger partial charge on any atom is -0.299 e. The van der Waals surface area contributed by atoms with Gasteiger partial charge in [-0.1, -0.05) is 6.42 Å². The summed E-state index contributed by atoms with van der Waals surface area (Å²) in [5.41, 5.74) is 0.159. The Kier molecular flexibility index (Phi) is 4.64. The van der Waals surface area contributed by atoms with E-state index in [9.17, 15) is 26.7 Å². The van der Waals surface area contributed by atoms with Gasteiger partial charge in [0.2, 0.25) is 0 Å². The summed E-state index contributed by atoms with van der Waals surface area (Å²) in [6.45, 7) is 0. The summed E-state index contributed by atoms with van der Waals surface area (Å²) in [7, 11) is 0. The minimum absolute atomic E-state index is 0.0435. The molecule has 0 aromatic heterocycles. The van der Waals surface area contributed by atoms with Gasteiger partial charge in [-0.2, -0.15) is 13.2 Å². The van der Waals surface area contributed by atoms with Crippen LogP contribution in [0.15, 0.2) is 18.2 Å². The van der Waals surface area contributed by atoms with Crippen LogP contribution >= 0.6 is 0 Å². The fourth-order valence-corrected chi connectivity index (χ4v) is 2.84. The van der Waals surface area contributed by atoms with Crippen LogP contribution in [0.5, 0.6) is 0 Å². The molecule has 0 amide bonds. The maximum atomic E-state index is 13.0. The van der Waals surface area contributed by atoms with Crippen molar-refractivity contribution in [1.82, 2.24) is 0 Å². The highest BCUT2D eigenvalue weighted by Gasteiger charge is 2.43. The molecule has 0 heterocycles. The van der Waals surface area contributed by atoms with E-state index in [4.69, 9.17) is 0 Å². The zero-order valence-electron chi connectivity index (χ0n) is 11.2. The SMILES string of the molecule is O=C(Cc1cc(F)cc(F)c1)C1CCCC(C(F)(F)F)C1. The molecule has 1 aliphatic rings. The molecule has 2 rings (SSSR count). The third kappa shape index (κ3) is 4.25. The summed E-state index contributed by atoms with van der Waals surface area (Å²) < 4.78 is 64.2. The maximum Gasteiger partial charge on any atom is 0.391 e. The molecule has 1 aliphatic carbocycles. The number of benzene rings is 1. The van der Waals surface area contributed by atoms with Crippen LogP contribution in [0.4, 0.5) is 22.0 Å². The predicted molar refractivity (Wildman–Crippen MR) is 66.6 cm³/mol. The number of hydrogen-bond donors (Lipinski definition) is 0. The largest absolute Gasteiger partial charge is 0.391 e. The van der Waals surface area contributed by atoms with E-state index in [0.717, 1.165) is 12.1 Å². The molecule has 0 spiro atoms. The van der Waals surface area contributed by atoms with Gasteiger partial charge in [-0.15, -0.1) is 0 Å². The highest BCUT2D eigenvalue weighted by molar-refractivity contribution is 5.83. The molecule has 2 atom stereocenters. The van der Waals surface area contributed by atoms with Gasteiger partial charge in [-0.05, 0) is 37.0 Å². The molecule has 0 N–H and O–H groups in total. The second kappa shape index (κ2) is 6.12. The Morgan fingerprint density at radius 3 is 2.29 bits per heavy atom. The number of carbonyl (C=O) groups is 1. The topological polar surface area (TPSA) is 17.1 Å². The van der Waals surface area contributed by atoms with Crippen LogP contribution in [0.1, 0.15) is 31.2 Å². The Bertz CT molecular complexity index is 503. The van der Waals surface area contributed by atoms with E-state index in [1.165, 1.54) is 0 Å². The summed E-state index contributed by atoms with van der Waals surface area (Å²) in [5, 5.41) is 0. The molecular weight excluding hydrogens is 291 g/mol. The number of alkyl halides is 3. The van der Waals surface area contributed by atoms with Crippen LogP contribution in [0, 0.1) is 23.5 Å². The normalized spacial score (nSPS) is 23.1. The van der Waals surface area contributed by atoms with E-state index >= 15 is 0 Å². The number of hydrogen-bond acceptors (Lipinski definition) is 1. The smallest absolute Gasteiger partial charge is 0.299 e. The van der Waals surface area contributed by atoms with E-state index in [1.54, 1.807) is 0 Å². The first-order valence-corrected chi connectivity index (χ1v) is 6.80. The monoisotopic (exact) mass is 306 g/mol. The highest BCUT2D eigenvalue weighted by Crippen LogP contribution is 2.40. The van der Waals surface area contributed by atoms with Gasteiger partial charge in [-0.3, -0.25) is 4.79 Å². The van der Waals surface area contributed by atoms with Crippen molar-refractivity contribution in [3.8, 4) is 0 Å². The number of halogens is 5. The van der Waals surface area contributed by atoms with Crippen molar-refractivity contribution >= 4 is 5.78 Å². The quantitative estimate of drug-likeness (QED) is 0.754. The fourth-order valence-electron chi connectivity index (χ4n) is 2.84. The summed E-state index contributed by atoms with van der Waals surface area (Å²) in [4.78, 5) is 12.1. The van der Waals surface area contributed by atoms with Crippen LogP contribution < -0.4 is 0 Å². The number of carbonyl (C=O) groups excluding carboxylic acids is 1. The Labute approximate surface area is 119 Å². The number of ketones is 1. The number of rotatable bonds is 3. The van der Waals surface area contributed by atoms with Gasteiger partial charge in [0.1, 0.15) is 17.4 Å². The molecular formula is C15H15F5O. The van der Waals surface area contributed by atoms with Crippen molar-refractivity contribution in [1.29, 1.82) is 0 Å². The molecule has 1 fully saturated rings. The third-order valence-electron chi connectivity index (χ3n) is 3.89. The van der Waals surface area contributed by atoms with E-state index in [0.29, 0.717) is 18.9 Å². The molecule has 21 heavy (non-hydrogen) atoms. The summed E-state index contributed by atoms with van der Waals surface area (Å²) >= 11 is 0. The first-order valence-electron chi connectivity index (χ1n) is 6.80. The van der Waals surface area contributed by atoms with E-state index in [-0.39, 0.29) is 30.6 Å². The lowest BCUT2D eigenvalue weighted by atomic mass is 9.78. The third-order valence-corrected chi connectivity index (χ3v) is 3.89. The summed E-state index contributed by atoms with van der Waals surface area (Å²) in [6, 6.07) is 2.75. The lowest BCUT2D eigenvalue weighted by molar-refractivity contribution is -0.186. The lowest BCUT2D eigenvalue weighted by Crippen LogP contribution is -2.32. The van der Waals surface area contributed by atoms with Gasteiger partial charge in [0, 0.05) is 18.4 Å². The van der Waals surface area contributed by atoms with Crippen molar-refractivity contribution in [3.05, 3.63) is 35.4 Å². The molecule has 1 nitrogen and oxygen atoms in total. The summed E-state index contributed by atoms with van der Waals surface area (Å²) in [6.07, 6.45) is -3.95. The average Bonchev–Trinajstić information content (AvgIpc) is 2.36. The Hall–Kier alpha value is -1.46. The molecule has 0 aliphatic heterocycles. The lowest BCUT2D eigenvalue weighted by Gasteiger charge is -2.29. The molecule has 1 saturated carbocycles. The molecule has 1 aromatic carbocycles.